The van der Waals surface area contributed by atoms with E-state index in [4.69, 9.17) is 14.2 Å². The number of aliphatic hydroxyl groups excluding tert-OH is 1. The molecule has 0 saturated heterocycles. The predicted molar refractivity (Wildman–Crippen MR) is 75.2 cm³/mol. The number of hydrogen-bond acceptors (Lipinski definition) is 4. The van der Waals surface area contributed by atoms with Gasteiger partial charge in [0.05, 0.1) is 13.2 Å². The Labute approximate surface area is 119 Å². The standard InChI is InChI=1S/C16H22O4/c1-10-4-3-5-11(6-10)15(17)12-7-13(18-2)16-14(8-12)19-9-20-16/h7-8,10-11,15,17H,3-6,9H2,1-2H3. The fourth-order valence-corrected chi connectivity index (χ4v) is 3.36. The van der Waals surface area contributed by atoms with Gasteiger partial charge in [0.25, 0.3) is 0 Å². The first kappa shape index (κ1) is 13.6. The van der Waals surface area contributed by atoms with Crippen LogP contribution < -0.4 is 14.2 Å². The number of benzene rings is 1. The highest BCUT2D eigenvalue weighted by molar-refractivity contribution is 5.55. The van der Waals surface area contributed by atoms with Crippen molar-refractivity contribution in [2.24, 2.45) is 11.8 Å². The van der Waals surface area contributed by atoms with E-state index in [9.17, 15) is 5.11 Å². The van der Waals surface area contributed by atoms with Crippen molar-refractivity contribution in [3.8, 4) is 17.2 Å². The van der Waals surface area contributed by atoms with Crippen LogP contribution in [0.25, 0.3) is 0 Å². The zero-order valence-corrected chi connectivity index (χ0v) is 12.1. The number of fused-ring (bicyclic) bond motifs is 1. The number of rotatable bonds is 3. The Bertz CT molecular complexity index is 486. The summed E-state index contributed by atoms with van der Waals surface area (Å²) in [6.45, 7) is 2.48. The quantitative estimate of drug-likeness (QED) is 0.921. The van der Waals surface area contributed by atoms with Gasteiger partial charge in [-0.15, -0.1) is 0 Å². The van der Waals surface area contributed by atoms with Gasteiger partial charge in [-0.2, -0.15) is 0 Å². The number of hydrogen-bond donors (Lipinski definition) is 1. The van der Waals surface area contributed by atoms with E-state index in [1.165, 1.54) is 12.8 Å². The SMILES string of the molecule is COc1cc(C(O)C2CCCC(C)C2)cc2c1OCO2. The Morgan fingerprint density at radius 1 is 1.30 bits per heavy atom. The van der Waals surface area contributed by atoms with Crippen molar-refractivity contribution in [2.45, 2.75) is 38.7 Å². The van der Waals surface area contributed by atoms with Crippen LogP contribution in [0.1, 0.15) is 44.3 Å². The van der Waals surface area contributed by atoms with Crippen molar-refractivity contribution in [2.75, 3.05) is 13.9 Å². The third-order valence-corrected chi connectivity index (χ3v) is 4.45. The average Bonchev–Trinajstić information content (AvgIpc) is 2.93. The number of aliphatic hydroxyl groups is 1. The zero-order chi connectivity index (χ0) is 14.1. The van der Waals surface area contributed by atoms with Gasteiger partial charge >= 0.3 is 0 Å². The van der Waals surface area contributed by atoms with E-state index >= 15 is 0 Å². The Balaban J connectivity index is 1.86. The number of methoxy groups -OCH3 is 1. The Morgan fingerprint density at radius 2 is 2.15 bits per heavy atom. The minimum Gasteiger partial charge on any atom is -0.493 e. The second-order valence-electron chi connectivity index (χ2n) is 5.93. The molecule has 0 aromatic heterocycles. The number of ether oxygens (including phenoxy) is 3. The molecule has 1 fully saturated rings. The molecule has 0 bridgehead atoms. The molecule has 110 valence electrons. The maximum Gasteiger partial charge on any atom is 0.231 e. The van der Waals surface area contributed by atoms with Crippen LogP contribution in [0.15, 0.2) is 12.1 Å². The van der Waals surface area contributed by atoms with E-state index in [1.807, 2.05) is 12.1 Å². The summed E-state index contributed by atoms with van der Waals surface area (Å²) in [5.41, 5.74) is 0.866. The van der Waals surface area contributed by atoms with Gasteiger partial charge in [0.2, 0.25) is 12.5 Å². The van der Waals surface area contributed by atoms with Gasteiger partial charge < -0.3 is 19.3 Å². The maximum absolute atomic E-state index is 10.7. The van der Waals surface area contributed by atoms with Gasteiger partial charge in [-0.1, -0.05) is 19.8 Å². The maximum atomic E-state index is 10.7. The van der Waals surface area contributed by atoms with E-state index in [1.54, 1.807) is 7.11 Å². The molecule has 1 aliphatic heterocycles. The summed E-state index contributed by atoms with van der Waals surface area (Å²) in [4.78, 5) is 0. The minimum absolute atomic E-state index is 0.214. The Morgan fingerprint density at radius 3 is 2.90 bits per heavy atom. The van der Waals surface area contributed by atoms with Gasteiger partial charge in [0.1, 0.15) is 0 Å². The summed E-state index contributed by atoms with van der Waals surface area (Å²) >= 11 is 0. The predicted octanol–water partition coefficient (Wildman–Crippen LogP) is 3.28. The molecule has 1 aromatic rings. The molecule has 4 nitrogen and oxygen atoms in total. The van der Waals surface area contributed by atoms with Gasteiger partial charge in [-0.3, -0.25) is 0 Å². The first-order chi connectivity index (χ1) is 9.69. The van der Waals surface area contributed by atoms with E-state index in [-0.39, 0.29) is 6.79 Å². The fraction of sp³-hybridized carbons (Fsp3) is 0.625. The molecule has 1 aliphatic carbocycles. The van der Waals surface area contributed by atoms with Crippen molar-refractivity contribution in [3.05, 3.63) is 17.7 Å². The van der Waals surface area contributed by atoms with Crippen LogP contribution in [-0.4, -0.2) is 19.0 Å². The Kier molecular flexibility index (Phi) is 3.74. The van der Waals surface area contributed by atoms with Gasteiger partial charge in [-0.05, 0) is 42.4 Å². The third-order valence-electron chi connectivity index (χ3n) is 4.45. The molecule has 1 aromatic carbocycles. The fourth-order valence-electron chi connectivity index (χ4n) is 3.36. The zero-order valence-electron chi connectivity index (χ0n) is 12.1. The molecule has 4 heteroatoms. The largest absolute Gasteiger partial charge is 0.493 e. The van der Waals surface area contributed by atoms with Crippen LogP contribution in [0.5, 0.6) is 17.2 Å². The Hall–Kier alpha value is -1.42. The highest BCUT2D eigenvalue weighted by Crippen LogP contribution is 2.45. The minimum atomic E-state index is -0.457. The lowest BCUT2D eigenvalue weighted by molar-refractivity contribution is 0.0711. The molecule has 3 rings (SSSR count). The highest BCUT2D eigenvalue weighted by atomic mass is 16.7. The highest BCUT2D eigenvalue weighted by Gasteiger charge is 2.29. The first-order valence-electron chi connectivity index (χ1n) is 7.34. The van der Waals surface area contributed by atoms with E-state index in [0.29, 0.717) is 29.1 Å². The van der Waals surface area contributed by atoms with Crippen molar-refractivity contribution < 1.29 is 19.3 Å². The van der Waals surface area contributed by atoms with E-state index in [2.05, 4.69) is 6.92 Å². The molecular formula is C16H22O4. The second-order valence-corrected chi connectivity index (χ2v) is 5.93. The van der Waals surface area contributed by atoms with E-state index < -0.39 is 6.10 Å². The van der Waals surface area contributed by atoms with Crippen LogP contribution in [0.2, 0.25) is 0 Å². The summed E-state index contributed by atoms with van der Waals surface area (Å²) in [5, 5.41) is 10.7. The van der Waals surface area contributed by atoms with Gasteiger partial charge in [0.15, 0.2) is 11.5 Å². The third kappa shape index (κ3) is 2.44. The van der Waals surface area contributed by atoms with Gasteiger partial charge in [0, 0.05) is 0 Å². The molecule has 3 atom stereocenters. The molecule has 0 radical (unpaired) electrons. The van der Waals surface area contributed by atoms with Crippen LogP contribution in [0, 0.1) is 11.8 Å². The van der Waals surface area contributed by atoms with E-state index in [0.717, 1.165) is 18.4 Å². The second kappa shape index (κ2) is 5.52. The van der Waals surface area contributed by atoms with Crippen molar-refractivity contribution >= 4 is 0 Å². The molecule has 20 heavy (non-hydrogen) atoms. The lowest BCUT2D eigenvalue weighted by Crippen LogP contribution is -2.20. The monoisotopic (exact) mass is 278 g/mol. The topological polar surface area (TPSA) is 47.9 Å². The summed E-state index contributed by atoms with van der Waals surface area (Å²) in [7, 11) is 1.61. The molecule has 3 unspecified atom stereocenters. The van der Waals surface area contributed by atoms with Crippen LogP contribution in [0.3, 0.4) is 0 Å². The van der Waals surface area contributed by atoms with Crippen LogP contribution in [0.4, 0.5) is 0 Å². The lowest BCUT2D eigenvalue weighted by atomic mass is 9.78. The van der Waals surface area contributed by atoms with Crippen molar-refractivity contribution in [1.82, 2.24) is 0 Å². The van der Waals surface area contributed by atoms with Crippen molar-refractivity contribution in [1.29, 1.82) is 0 Å². The smallest absolute Gasteiger partial charge is 0.231 e. The van der Waals surface area contributed by atoms with Gasteiger partial charge in [-0.25, -0.2) is 0 Å². The summed E-state index contributed by atoms with van der Waals surface area (Å²) in [6.07, 6.45) is 4.18. The average molecular weight is 278 g/mol. The first-order valence-corrected chi connectivity index (χ1v) is 7.34. The summed E-state index contributed by atoms with van der Waals surface area (Å²) < 4.78 is 16.2. The van der Waals surface area contributed by atoms with Crippen molar-refractivity contribution in [3.63, 3.8) is 0 Å². The van der Waals surface area contributed by atoms with Crippen LogP contribution >= 0.6 is 0 Å². The summed E-state index contributed by atoms with van der Waals surface area (Å²) in [5.74, 6) is 2.96. The molecule has 1 N–H and O–H groups in total. The van der Waals surface area contributed by atoms with Crippen LogP contribution in [-0.2, 0) is 0 Å². The molecule has 2 aliphatic rings. The summed E-state index contributed by atoms with van der Waals surface area (Å²) in [6, 6.07) is 3.76. The lowest BCUT2D eigenvalue weighted by Gasteiger charge is -2.30. The normalized spacial score (nSPS) is 26.4. The molecular weight excluding hydrogens is 256 g/mol. The molecule has 1 heterocycles. The molecule has 0 amide bonds. The molecule has 0 spiro atoms. The molecule has 1 saturated carbocycles.